The molecule has 0 atom stereocenters. The normalized spacial score (nSPS) is 16.7. The molecule has 1 rings (SSSR count). The topological polar surface area (TPSA) is 50.4 Å². The number of amides is 1. The Morgan fingerprint density at radius 2 is 2.24 bits per heavy atom. The number of allylic oxidation sites excluding steroid dienone is 1. The van der Waals surface area contributed by atoms with Crippen LogP contribution >= 0.6 is 0 Å². The van der Waals surface area contributed by atoms with Crippen molar-refractivity contribution < 1.29 is 9.53 Å². The van der Waals surface area contributed by atoms with Crippen LogP contribution in [0.5, 0.6) is 0 Å². The van der Waals surface area contributed by atoms with Gasteiger partial charge in [0.25, 0.3) is 0 Å². The second-order valence-corrected chi connectivity index (χ2v) is 4.35. The molecule has 1 amide bonds. The lowest BCUT2D eigenvalue weighted by Crippen LogP contribution is -2.33. The first-order chi connectivity index (χ1) is 8.33. The van der Waals surface area contributed by atoms with E-state index in [2.05, 4.69) is 17.2 Å². The predicted octanol–water partition coefficient (Wildman–Crippen LogP) is 1.23. The first-order valence-electron chi connectivity index (χ1n) is 6.53. The molecular weight excluding hydrogens is 216 g/mol. The second-order valence-electron chi connectivity index (χ2n) is 4.35. The molecule has 0 aromatic rings. The minimum Gasteiger partial charge on any atom is -0.378 e. The SMILES string of the molecule is C=CCCCNC(=O)CCOC1CCNCC1. The fraction of sp³-hybridized carbons (Fsp3) is 0.769. The van der Waals surface area contributed by atoms with Gasteiger partial charge < -0.3 is 15.4 Å². The maximum Gasteiger partial charge on any atom is 0.222 e. The first-order valence-corrected chi connectivity index (χ1v) is 6.53. The summed E-state index contributed by atoms with van der Waals surface area (Å²) in [4.78, 5) is 11.4. The van der Waals surface area contributed by atoms with E-state index < -0.39 is 0 Å². The smallest absolute Gasteiger partial charge is 0.222 e. The van der Waals surface area contributed by atoms with Crippen molar-refractivity contribution in [1.82, 2.24) is 10.6 Å². The quantitative estimate of drug-likeness (QED) is 0.495. The van der Waals surface area contributed by atoms with Crippen LogP contribution in [0.4, 0.5) is 0 Å². The van der Waals surface area contributed by atoms with Crippen LogP contribution < -0.4 is 10.6 Å². The third-order valence-electron chi connectivity index (χ3n) is 2.88. The highest BCUT2D eigenvalue weighted by atomic mass is 16.5. The standard InChI is InChI=1S/C13H24N2O2/c1-2-3-4-8-15-13(16)7-11-17-12-5-9-14-10-6-12/h2,12,14H,1,3-11H2,(H,15,16). The Labute approximate surface area is 104 Å². The molecule has 2 N–H and O–H groups in total. The molecule has 1 heterocycles. The number of unbranched alkanes of at least 4 members (excludes halogenated alkanes) is 1. The lowest BCUT2D eigenvalue weighted by atomic mass is 10.1. The summed E-state index contributed by atoms with van der Waals surface area (Å²) in [6, 6.07) is 0. The molecule has 0 aromatic heterocycles. The van der Waals surface area contributed by atoms with E-state index >= 15 is 0 Å². The van der Waals surface area contributed by atoms with Crippen LogP contribution in [0.25, 0.3) is 0 Å². The van der Waals surface area contributed by atoms with Crippen molar-refractivity contribution in [3.63, 3.8) is 0 Å². The largest absolute Gasteiger partial charge is 0.378 e. The number of piperidine rings is 1. The van der Waals surface area contributed by atoms with Gasteiger partial charge in [0.15, 0.2) is 0 Å². The van der Waals surface area contributed by atoms with Crippen LogP contribution in [-0.4, -0.2) is 38.3 Å². The highest BCUT2D eigenvalue weighted by Crippen LogP contribution is 2.07. The molecule has 0 radical (unpaired) electrons. The van der Waals surface area contributed by atoms with Crippen molar-refractivity contribution in [3.05, 3.63) is 12.7 Å². The van der Waals surface area contributed by atoms with E-state index in [-0.39, 0.29) is 5.91 Å². The molecule has 98 valence electrons. The molecular formula is C13H24N2O2. The number of rotatable bonds is 8. The van der Waals surface area contributed by atoms with Gasteiger partial charge in [-0.15, -0.1) is 6.58 Å². The predicted molar refractivity (Wildman–Crippen MR) is 68.9 cm³/mol. The van der Waals surface area contributed by atoms with E-state index in [0.717, 1.165) is 45.3 Å². The van der Waals surface area contributed by atoms with Gasteiger partial charge in [0.05, 0.1) is 12.7 Å². The van der Waals surface area contributed by atoms with Crippen molar-refractivity contribution in [1.29, 1.82) is 0 Å². The Balaban J connectivity index is 1.93. The fourth-order valence-corrected chi connectivity index (χ4v) is 1.84. The molecule has 0 aromatic carbocycles. The average Bonchev–Trinajstić information content (AvgIpc) is 2.36. The Hall–Kier alpha value is -0.870. The van der Waals surface area contributed by atoms with E-state index in [9.17, 15) is 4.79 Å². The van der Waals surface area contributed by atoms with Crippen molar-refractivity contribution in [2.75, 3.05) is 26.2 Å². The number of ether oxygens (including phenoxy) is 1. The van der Waals surface area contributed by atoms with E-state index in [1.807, 2.05) is 6.08 Å². The summed E-state index contributed by atoms with van der Waals surface area (Å²) in [5.74, 6) is 0.0861. The molecule has 1 aliphatic heterocycles. The summed E-state index contributed by atoms with van der Waals surface area (Å²) < 4.78 is 5.66. The van der Waals surface area contributed by atoms with Gasteiger partial charge in [0, 0.05) is 13.0 Å². The summed E-state index contributed by atoms with van der Waals surface area (Å²) in [7, 11) is 0. The molecule has 0 unspecified atom stereocenters. The van der Waals surface area contributed by atoms with Crippen molar-refractivity contribution in [2.45, 2.75) is 38.2 Å². The maximum absolute atomic E-state index is 11.4. The maximum atomic E-state index is 11.4. The lowest BCUT2D eigenvalue weighted by Gasteiger charge is -2.22. The highest BCUT2D eigenvalue weighted by molar-refractivity contribution is 5.75. The van der Waals surface area contributed by atoms with Crippen molar-refractivity contribution in [2.24, 2.45) is 0 Å². The zero-order valence-electron chi connectivity index (χ0n) is 10.5. The van der Waals surface area contributed by atoms with E-state index in [0.29, 0.717) is 19.1 Å². The summed E-state index contributed by atoms with van der Waals surface area (Å²) >= 11 is 0. The third-order valence-corrected chi connectivity index (χ3v) is 2.88. The molecule has 1 fully saturated rings. The second kappa shape index (κ2) is 9.19. The van der Waals surface area contributed by atoms with Gasteiger partial charge in [-0.2, -0.15) is 0 Å². The lowest BCUT2D eigenvalue weighted by molar-refractivity contribution is -0.122. The average molecular weight is 240 g/mol. The Morgan fingerprint density at radius 1 is 1.47 bits per heavy atom. The third kappa shape index (κ3) is 7.13. The van der Waals surface area contributed by atoms with Crippen LogP contribution in [-0.2, 0) is 9.53 Å². The Kier molecular flexibility index (Phi) is 7.67. The summed E-state index contributed by atoms with van der Waals surface area (Å²) in [6.07, 6.45) is 6.70. The van der Waals surface area contributed by atoms with Gasteiger partial charge in [-0.05, 0) is 38.8 Å². The van der Waals surface area contributed by atoms with Crippen LogP contribution in [0.1, 0.15) is 32.1 Å². The van der Waals surface area contributed by atoms with Crippen LogP contribution in [0.15, 0.2) is 12.7 Å². The van der Waals surface area contributed by atoms with Gasteiger partial charge in [0.1, 0.15) is 0 Å². The van der Waals surface area contributed by atoms with Gasteiger partial charge in [-0.25, -0.2) is 0 Å². The number of nitrogens with one attached hydrogen (secondary N) is 2. The summed E-state index contributed by atoms with van der Waals surface area (Å²) in [5, 5.41) is 6.16. The summed E-state index contributed by atoms with van der Waals surface area (Å²) in [5.41, 5.74) is 0. The number of hydrogen-bond donors (Lipinski definition) is 2. The molecule has 0 aliphatic carbocycles. The Morgan fingerprint density at radius 3 is 2.94 bits per heavy atom. The molecule has 0 bridgehead atoms. The fourth-order valence-electron chi connectivity index (χ4n) is 1.84. The van der Waals surface area contributed by atoms with E-state index in [4.69, 9.17) is 4.74 Å². The molecule has 17 heavy (non-hydrogen) atoms. The zero-order chi connectivity index (χ0) is 12.3. The summed E-state index contributed by atoms with van der Waals surface area (Å²) in [6.45, 7) is 6.97. The van der Waals surface area contributed by atoms with Crippen LogP contribution in [0.3, 0.4) is 0 Å². The first kappa shape index (κ1) is 14.2. The molecule has 1 aliphatic rings. The number of carbonyl (C=O) groups excluding carboxylic acids is 1. The van der Waals surface area contributed by atoms with E-state index in [1.165, 1.54) is 0 Å². The van der Waals surface area contributed by atoms with Crippen molar-refractivity contribution >= 4 is 5.91 Å². The van der Waals surface area contributed by atoms with Gasteiger partial charge in [0.2, 0.25) is 5.91 Å². The molecule has 4 heteroatoms. The van der Waals surface area contributed by atoms with Crippen LogP contribution in [0.2, 0.25) is 0 Å². The van der Waals surface area contributed by atoms with Gasteiger partial charge >= 0.3 is 0 Å². The van der Waals surface area contributed by atoms with Crippen molar-refractivity contribution in [3.8, 4) is 0 Å². The van der Waals surface area contributed by atoms with Crippen LogP contribution in [0, 0.1) is 0 Å². The molecule has 0 saturated carbocycles. The monoisotopic (exact) mass is 240 g/mol. The highest BCUT2D eigenvalue weighted by Gasteiger charge is 2.13. The molecule has 4 nitrogen and oxygen atoms in total. The molecule has 1 saturated heterocycles. The van der Waals surface area contributed by atoms with Gasteiger partial charge in [-0.3, -0.25) is 4.79 Å². The minimum absolute atomic E-state index is 0.0861. The zero-order valence-corrected chi connectivity index (χ0v) is 10.5. The number of carbonyl (C=O) groups is 1. The molecule has 0 spiro atoms. The van der Waals surface area contributed by atoms with E-state index in [1.54, 1.807) is 0 Å². The van der Waals surface area contributed by atoms with Gasteiger partial charge in [-0.1, -0.05) is 6.08 Å². The minimum atomic E-state index is 0.0861. The number of hydrogen-bond acceptors (Lipinski definition) is 3. The Bertz CT molecular complexity index is 225.